The lowest BCUT2D eigenvalue weighted by Gasteiger charge is -2.30. The third kappa shape index (κ3) is 5.73. The van der Waals surface area contributed by atoms with E-state index in [4.69, 9.17) is 19.3 Å². The summed E-state index contributed by atoms with van der Waals surface area (Å²) >= 11 is 0. The molecule has 1 aliphatic heterocycles. The molecule has 1 heterocycles. The van der Waals surface area contributed by atoms with Crippen molar-refractivity contribution in [3.05, 3.63) is 59.9 Å². The molecule has 0 radical (unpaired) electrons. The molecule has 0 saturated heterocycles. The third-order valence-electron chi connectivity index (χ3n) is 4.12. The molecule has 0 fully saturated rings. The number of ether oxygens (including phenoxy) is 3. The van der Waals surface area contributed by atoms with E-state index in [0.717, 1.165) is 11.1 Å². The van der Waals surface area contributed by atoms with Gasteiger partial charge in [-0.2, -0.15) is 0 Å². The van der Waals surface area contributed by atoms with Gasteiger partial charge < -0.3 is 19.3 Å². The van der Waals surface area contributed by atoms with Crippen molar-refractivity contribution in [1.29, 1.82) is 0 Å². The van der Waals surface area contributed by atoms with Crippen molar-refractivity contribution in [2.24, 2.45) is 11.8 Å². The predicted octanol–water partition coefficient (Wildman–Crippen LogP) is 3.33. The summed E-state index contributed by atoms with van der Waals surface area (Å²) in [6, 6.07) is 7.53. The third-order valence-corrected chi connectivity index (χ3v) is 4.12. The van der Waals surface area contributed by atoms with Crippen LogP contribution in [0.2, 0.25) is 0 Å². The Bertz CT molecular complexity index is 603. The molecule has 1 aromatic rings. The topological polar surface area (TPSA) is 65.0 Å². The number of allylic oxidation sites excluding steroid dienone is 1. The molecule has 0 aliphatic carbocycles. The molecule has 1 N–H and O–H groups in total. The normalized spacial score (nSPS) is 19.9. The first-order valence-corrected chi connectivity index (χ1v) is 8.50. The molecule has 25 heavy (non-hydrogen) atoms. The number of esters is 1. The second-order valence-electron chi connectivity index (χ2n) is 6.39. The van der Waals surface area contributed by atoms with Crippen molar-refractivity contribution in [3.63, 3.8) is 0 Å². The minimum Gasteiger partial charge on any atom is -0.458 e. The fraction of sp³-hybridized carbons (Fsp3) is 0.450. The minimum atomic E-state index is -0.499. The molecule has 2 unspecified atom stereocenters. The van der Waals surface area contributed by atoms with Crippen molar-refractivity contribution in [3.8, 4) is 0 Å². The summed E-state index contributed by atoms with van der Waals surface area (Å²) in [5.41, 5.74) is 1.83. The highest BCUT2D eigenvalue weighted by Gasteiger charge is 2.30. The summed E-state index contributed by atoms with van der Waals surface area (Å²) in [4.78, 5) is 12.1. The van der Waals surface area contributed by atoms with Crippen molar-refractivity contribution >= 4 is 5.97 Å². The van der Waals surface area contributed by atoms with Crippen LogP contribution in [0.5, 0.6) is 0 Å². The van der Waals surface area contributed by atoms with Gasteiger partial charge in [0.1, 0.15) is 6.61 Å². The Morgan fingerprint density at radius 1 is 1.36 bits per heavy atom. The molecule has 136 valence electrons. The van der Waals surface area contributed by atoms with Gasteiger partial charge in [-0.1, -0.05) is 50.8 Å². The van der Waals surface area contributed by atoms with Gasteiger partial charge in [0, 0.05) is 6.42 Å². The second kappa shape index (κ2) is 9.39. The van der Waals surface area contributed by atoms with Crippen LogP contribution in [0.15, 0.2) is 48.8 Å². The number of aliphatic hydroxyl groups excluding tert-OH is 1. The largest absolute Gasteiger partial charge is 0.458 e. The molecule has 2 atom stereocenters. The highest BCUT2D eigenvalue weighted by molar-refractivity contribution is 5.86. The number of hydrogen-bond donors (Lipinski definition) is 1. The molecule has 2 rings (SSSR count). The zero-order chi connectivity index (χ0) is 18.2. The molecular weight excluding hydrogens is 320 g/mol. The summed E-state index contributed by atoms with van der Waals surface area (Å²) in [6.07, 6.45) is 3.53. The van der Waals surface area contributed by atoms with Crippen LogP contribution in [0.4, 0.5) is 0 Å². The zero-order valence-electron chi connectivity index (χ0n) is 14.8. The van der Waals surface area contributed by atoms with E-state index in [1.165, 1.54) is 6.08 Å². The molecule has 1 aromatic carbocycles. The van der Waals surface area contributed by atoms with Crippen LogP contribution in [-0.4, -0.2) is 24.0 Å². The Morgan fingerprint density at radius 2 is 2.04 bits per heavy atom. The number of benzene rings is 1. The first-order chi connectivity index (χ1) is 12.0. The number of aliphatic hydroxyl groups is 1. The lowest BCUT2D eigenvalue weighted by atomic mass is 9.90. The fourth-order valence-corrected chi connectivity index (χ4v) is 2.53. The van der Waals surface area contributed by atoms with Crippen LogP contribution in [0.3, 0.4) is 0 Å². The Morgan fingerprint density at radius 3 is 2.64 bits per heavy atom. The molecule has 0 aromatic heterocycles. The van der Waals surface area contributed by atoms with Gasteiger partial charge in [0.2, 0.25) is 12.0 Å². The Labute approximate surface area is 148 Å². The standard InChI is InChI=1S/C20H26O5/c1-4-9-23-20(22)18-10-17(14(2)3)11-19(25-18)24-13-16-7-5-15(12-21)6-8-16/h4-8,10,14,17,19,21H,1,9,11-13H2,2-3H3. The summed E-state index contributed by atoms with van der Waals surface area (Å²) in [5, 5.41) is 9.08. The van der Waals surface area contributed by atoms with Crippen molar-refractivity contribution < 1.29 is 24.1 Å². The molecule has 5 nitrogen and oxygen atoms in total. The van der Waals surface area contributed by atoms with Crippen molar-refractivity contribution in [1.82, 2.24) is 0 Å². The van der Waals surface area contributed by atoms with Crippen LogP contribution in [0.25, 0.3) is 0 Å². The molecule has 0 bridgehead atoms. The summed E-state index contributed by atoms with van der Waals surface area (Å²) in [6.45, 7) is 8.27. The van der Waals surface area contributed by atoms with Crippen LogP contribution in [0.1, 0.15) is 31.4 Å². The van der Waals surface area contributed by atoms with Gasteiger partial charge in [0.15, 0.2) is 0 Å². The maximum absolute atomic E-state index is 12.1. The van der Waals surface area contributed by atoms with Gasteiger partial charge in [-0.3, -0.25) is 0 Å². The quantitative estimate of drug-likeness (QED) is 0.578. The number of rotatable bonds is 8. The van der Waals surface area contributed by atoms with Crippen molar-refractivity contribution in [2.75, 3.05) is 6.61 Å². The van der Waals surface area contributed by atoms with E-state index in [1.807, 2.05) is 30.3 Å². The molecule has 0 saturated carbocycles. The average Bonchev–Trinajstić information content (AvgIpc) is 2.64. The van der Waals surface area contributed by atoms with Gasteiger partial charge in [-0.05, 0) is 29.0 Å². The molecule has 1 aliphatic rings. The summed E-state index contributed by atoms with van der Waals surface area (Å²) in [7, 11) is 0. The lowest BCUT2D eigenvalue weighted by molar-refractivity contribution is -0.166. The molecule has 0 amide bonds. The molecular formula is C20H26O5. The van der Waals surface area contributed by atoms with Crippen LogP contribution in [0, 0.1) is 11.8 Å². The van der Waals surface area contributed by atoms with Crippen molar-refractivity contribution in [2.45, 2.75) is 39.8 Å². The molecule has 0 spiro atoms. The highest BCUT2D eigenvalue weighted by Crippen LogP contribution is 2.29. The Kier molecular flexibility index (Phi) is 7.22. The van der Waals surface area contributed by atoms with Crippen LogP contribution in [-0.2, 0) is 32.2 Å². The highest BCUT2D eigenvalue weighted by atomic mass is 16.7. The van der Waals surface area contributed by atoms with E-state index in [1.54, 1.807) is 0 Å². The zero-order valence-corrected chi connectivity index (χ0v) is 14.8. The fourth-order valence-electron chi connectivity index (χ4n) is 2.53. The maximum atomic E-state index is 12.1. The van der Waals surface area contributed by atoms with E-state index in [9.17, 15) is 4.79 Å². The van der Waals surface area contributed by atoms with Gasteiger partial charge >= 0.3 is 5.97 Å². The van der Waals surface area contributed by atoms with Crippen LogP contribution >= 0.6 is 0 Å². The number of carbonyl (C=O) groups excluding carboxylic acids is 1. The second-order valence-corrected chi connectivity index (χ2v) is 6.39. The van der Waals surface area contributed by atoms with Gasteiger partial charge in [-0.15, -0.1) is 0 Å². The first-order valence-electron chi connectivity index (χ1n) is 8.50. The van der Waals surface area contributed by atoms with E-state index in [2.05, 4.69) is 20.4 Å². The number of carbonyl (C=O) groups is 1. The smallest absolute Gasteiger partial charge is 0.373 e. The van der Waals surface area contributed by atoms with Gasteiger partial charge in [0.05, 0.1) is 13.2 Å². The maximum Gasteiger partial charge on any atom is 0.373 e. The van der Waals surface area contributed by atoms with Crippen LogP contribution < -0.4 is 0 Å². The minimum absolute atomic E-state index is 0.0178. The monoisotopic (exact) mass is 346 g/mol. The first kappa shape index (κ1) is 19.2. The van der Waals surface area contributed by atoms with E-state index < -0.39 is 12.3 Å². The van der Waals surface area contributed by atoms with E-state index >= 15 is 0 Å². The van der Waals surface area contributed by atoms with Gasteiger partial charge in [-0.25, -0.2) is 4.79 Å². The predicted molar refractivity (Wildman–Crippen MR) is 94.2 cm³/mol. The molecule has 5 heteroatoms. The summed E-state index contributed by atoms with van der Waals surface area (Å²) < 4.78 is 16.6. The lowest BCUT2D eigenvalue weighted by Crippen LogP contribution is -2.30. The average molecular weight is 346 g/mol. The van der Waals surface area contributed by atoms with E-state index in [0.29, 0.717) is 18.9 Å². The SMILES string of the molecule is C=CCOC(=O)C1=CC(C(C)C)CC(OCc2ccc(CO)cc2)O1. The Balaban J connectivity index is 1.98. The van der Waals surface area contributed by atoms with E-state index in [-0.39, 0.29) is 24.9 Å². The number of hydrogen-bond acceptors (Lipinski definition) is 5. The Hall–Kier alpha value is -2.11. The van der Waals surface area contributed by atoms with Gasteiger partial charge in [0.25, 0.3) is 0 Å². The summed E-state index contributed by atoms with van der Waals surface area (Å²) in [5.74, 6) is 0.251.